The summed E-state index contributed by atoms with van der Waals surface area (Å²) in [6.45, 7) is 3.55. The van der Waals surface area contributed by atoms with Gasteiger partial charge in [0.15, 0.2) is 11.5 Å². The van der Waals surface area contributed by atoms with E-state index in [9.17, 15) is 4.79 Å². The number of benzene rings is 2. The van der Waals surface area contributed by atoms with E-state index < -0.39 is 0 Å². The third kappa shape index (κ3) is 5.29. The van der Waals surface area contributed by atoms with E-state index in [1.807, 2.05) is 49.4 Å². The summed E-state index contributed by atoms with van der Waals surface area (Å²) in [5.41, 5.74) is 0.988. The summed E-state index contributed by atoms with van der Waals surface area (Å²) < 4.78 is 21.9. The van der Waals surface area contributed by atoms with Crippen LogP contribution in [0.2, 0.25) is 0 Å². The summed E-state index contributed by atoms with van der Waals surface area (Å²) in [5.74, 6) is 3.03. The summed E-state index contributed by atoms with van der Waals surface area (Å²) in [5, 5.41) is 3.01. The topological polar surface area (TPSA) is 66.0 Å². The van der Waals surface area contributed by atoms with Crippen molar-refractivity contribution >= 4 is 5.91 Å². The molecule has 1 N–H and O–H groups in total. The summed E-state index contributed by atoms with van der Waals surface area (Å²) >= 11 is 0. The molecule has 2 aromatic carbocycles. The third-order valence-electron chi connectivity index (χ3n) is 4.32. The lowest BCUT2D eigenvalue weighted by molar-refractivity contribution is -0.121. The van der Waals surface area contributed by atoms with E-state index in [0.717, 1.165) is 28.6 Å². The second kappa shape index (κ2) is 9.16. The molecule has 0 fully saturated rings. The Labute approximate surface area is 159 Å². The minimum Gasteiger partial charge on any atom is -0.497 e. The average Bonchev–Trinajstić information content (AvgIpc) is 2.71. The van der Waals surface area contributed by atoms with Gasteiger partial charge in [-0.05, 0) is 55.3 Å². The molecule has 1 unspecified atom stereocenters. The van der Waals surface area contributed by atoms with E-state index in [2.05, 4.69) is 5.32 Å². The second-order valence-electron chi connectivity index (χ2n) is 6.32. The molecule has 0 saturated carbocycles. The van der Waals surface area contributed by atoms with Crippen LogP contribution in [0.3, 0.4) is 0 Å². The molecule has 0 bridgehead atoms. The number of carbonyl (C=O) groups is 1. The molecule has 1 aliphatic rings. The van der Waals surface area contributed by atoms with Crippen LogP contribution in [0.15, 0.2) is 42.5 Å². The normalized spacial score (nSPS) is 13.6. The fourth-order valence-corrected chi connectivity index (χ4v) is 2.82. The Morgan fingerprint density at radius 1 is 1.07 bits per heavy atom. The fourth-order valence-electron chi connectivity index (χ4n) is 2.82. The highest BCUT2D eigenvalue weighted by molar-refractivity contribution is 5.76. The Bertz CT molecular complexity index is 760. The molecule has 3 rings (SSSR count). The molecule has 0 aromatic heterocycles. The Morgan fingerprint density at radius 3 is 2.52 bits per heavy atom. The van der Waals surface area contributed by atoms with Gasteiger partial charge in [0.05, 0.1) is 19.8 Å². The lowest BCUT2D eigenvalue weighted by Gasteiger charge is -2.21. The number of fused-ring (bicyclic) bond motifs is 1. The van der Waals surface area contributed by atoms with Crippen molar-refractivity contribution in [1.29, 1.82) is 0 Å². The van der Waals surface area contributed by atoms with Crippen LogP contribution in [0.1, 0.15) is 31.4 Å². The van der Waals surface area contributed by atoms with Gasteiger partial charge in [-0.25, -0.2) is 0 Å². The molecule has 1 heterocycles. The number of nitrogens with one attached hydrogen (secondary N) is 1. The Morgan fingerprint density at radius 2 is 1.78 bits per heavy atom. The molecule has 1 atom stereocenters. The van der Waals surface area contributed by atoms with Gasteiger partial charge >= 0.3 is 0 Å². The smallest absolute Gasteiger partial charge is 0.220 e. The Kier molecular flexibility index (Phi) is 6.41. The van der Waals surface area contributed by atoms with Gasteiger partial charge in [0.1, 0.15) is 24.7 Å². The third-order valence-corrected chi connectivity index (χ3v) is 4.32. The van der Waals surface area contributed by atoms with Gasteiger partial charge in [-0.15, -0.1) is 0 Å². The van der Waals surface area contributed by atoms with Crippen LogP contribution in [-0.4, -0.2) is 32.8 Å². The van der Waals surface area contributed by atoms with Crippen LogP contribution in [0.4, 0.5) is 0 Å². The van der Waals surface area contributed by atoms with Gasteiger partial charge in [0.25, 0.3) is 0 Å². The minimum atomic E-state index is -0.101. The molecular formula is C21H25NO5. The van der Waals surface area contributed by atoms with Crippen LogP contribution < -0.4 is 24.3 Å². The van der Waals surface area contributed by atoms with E-state index in [4.69, 9.17) is 18.9 Å². The van der Waals surface area contributed by atoms with Crippen LogP contribution >= 0.6 is 0 Å². The quantitative estimate of drug-likeness (QED) is 0.720. The second-order valence-corrected chi connectivity index (χ2v) is 6.32. The zero-order valence-corrected chi connectivity index (χ0v) is 15.7. The molecule has 0 spiro atoms. The highest BCUT2D eigenvalue weighted by Crippen LogP contribution is 2.32. The van der Waals surface area contributed by atoms with Crippen molar-refractivity contribution in [3.05, 3.63) is 48.0 Å². The van der Waals surface area contributed by atoms with Crippen molar-refractivity contribution in [3.63, 3.8) is 0 Å². The summed E-state index contributed by atoms with van der Waals surface area (Å²) in [6, 6.07) is 13.0. The number of rotatable bonds is 8. The van der Waals surface area contributed by atoms with Crippen LogP contribution in [0.25, 0.3) is 0 Å². The lowest BCUT2D eigenvalue weighted by atomic mass is 10.1. The van der Waals surface area contributed by atoms with E-state index in [-0.39, 0.29) is 11.9 Å². The van der Waals surface area contributed by atoms with Crippen LogP contribution in [-0.2, 0) is 4.79 Å². The van der Waals surface area contributed by atoms with E-state index in [1.165, 1.54) is 0 Å². The number of methoxy groups -OCH3 is 1. The van der Waals surface area contributed by atoms with Crippen LogP contribution in [0, 0.1) is 0 Å². The molecule has 1 aliphatic heterocycles. The van der Waals surface area contributed by atoms with Gasteiger partial charge in [0.2, 0.25) is 5.91 Å². The lowest BCUT2D eigenvalue weighted by Crippen LogP contribution is -2.27. The maximum Gasteiger partial charge on any atom is 0.220 e. The van der Waals surface area contributed by atoms with Crippen molar-refractivity contribution in [1.82, 2.24) is 5.32 Å². The van der Waals surface area contributed by atoms with Crippen molar-refractivity contribution in [3.8, 4) is 23.0 Å². The number of amides is 1. The number of hydrogen-bond donors (Lipinski definition) is 1. The predicted octanol–water partition coefficient (Wildman–Crippen LogP) is 3.50. The summed E-state index contributed by atoms with van der Waals surface area (Å²) in [6.07, 6.45) is 1.05. The maximum absolute atomic E-state index is 12.2. The van der Waals surface area contributed by atoms with Gasteiger partial charge in [-0.3, -0.25) is 4.79 Å². The Balaban J connectivity index is 1.40. The molecule has 0 saturated heterocycles. The predicted molar refractivity (Wildman–Crippen MR) is 102 cm³/mol. The SMILES string of the molecule is COc1ccc(OCCCC(=O)NC(C)c2ccc3c(c2)OCCO3)cc1. The average molecular weight is 371 g/mol. The van der Waals surface area contributed by atoms with Crippen molar-refractivity contribution in [2.45, 2.75) is 25.8 Å². The zero-order valence-electron chi connectivity index (χ0n) is 15.7. The number of hydrogen-bond acceptors (Lipinski definition) is 5. The molecule has 6 nitrogen and oxygen atoms in total. The number of carbonyl (C=O) groups excluding carboxylic acids is 1. The molecule has 27 heavy (non-hydrogen) atoms. The van der Waals surface area contributed by atoms with Gasteiger partial charge in [0, 0.05) is 6.42 Å². The van der Waals surface area contributed by atoms with E-state index >= 15 is 0 Å². The van der Waals surface area contributed by atoms with Gasteiger partial charge in [-0.1, -0.05) is 6.07 Å². The maximum atomic E-state index is 12.2. The fraction of sp³-hybridized carbons (Fsp3) is 0.381. The standard InChI is InChI=1S/C21H25NO5/c1-15(16-5-10-19-20(14-16)27-13-12-26-19)22-21(23)4-3-11-25-18-8-6-17(24-2)7-9-18/h5-10,14-15H,3-4,11-13H2,1-2H3,(H,22,23). The Hall–Kier alpha value is -2.89. The van der Waals surface area contributed by atoms with E-state index in [0.29, 0.717) is 32.7 Å². The first kappa shape index (κ1) is 18.9. The first-order chi connectivity index (χ1) is 13.2. The molecule has 6 heteroatoms. The first-order valence-corrected chi connectivity index (χ1v) is 9.11. The highest BCUT2D eigenvalue weighted by Gasteiger charge is 2.15. The number of ether oxygens (including phenoxy) is 4. The highest BCUT2D eigenvalue weighted by atomic mass is 16.6. The van der Waals surface area contributed by atoms with Gasteiger partial charge in [-0.2, -0.15) is 0 Å². The molecule has 1 amide bonds. The molecule has 0 radical (unpaired) electrons. The monoisotopic (exact) mass is 371 g/mol. The largest absolute Gasteiger partial charge is 0.497 e. The molecule has 2 aromatic rings. The summed E-state index contributed by atoms with van der Waals surface area (Å²) in [7, 11) is 1.63. The molecular weight excluding hydrogens is 346 g/mol. The zero-order chi connectivity index (χ0) is 19.1. The molecule has 0 aliphatic carbocycles. The van der Waals surface area contributed by atoms with Crippen molar-refractivity contribution in [2.75, 3.05) is 26.9 Å². The van der Waals surface area contributed by atoms with Crippen molar-refractivity contribution < 1.29 is 23.7 Å². The van der Waals surface area contributed by atoms with Crippen molar-refractivity contribution in [2.24, 2.45) is 0 Å². The minimum absolute atomic E-state index is 0.00396. The van der Waals surface area contributed by atoms with Crippen LogP contribution in [0.5, 0.6) is 23.0 Å². The first-order valence-electron chi connectivity index (χ1n) is 9.11. The van der Waals surface area contributed by atoms with E-state index in [1.54, 1.807) is 7.11 Å². The summed E-state index contributed by atoms with van der Waals surface area (Å²) in [4.78, 5) is 12.2. The molecule has 144 valence electrons. The van der Waals surface area contributed by atoms with Gasteiger partial charge < -0.3 is 24.3 Å².